The summed E-state index contributed by atoms with van der Waals surface area (Å²) in [7, 11) is 0.888. The molecule has 0 aliphatic carbocycles. The van der Waals surface area contributed by atoms with E-state index in [0.29, 0.717) is 24.3 Å². The largest absolute Gasteiger partial charge is 0.454 e. The summed E-state index contributed by atoms with van der Waals surface area (Å²) in [5.41, 5.74) is 2.21. The first-order chi connectivity index (χ1) is 15.3. The van der Waals surface area contributed by atoms with Crippen LogP contribution in [0.1, 0.15) is 15.9 Å². The molecule has 2 aromatic rings. The maximum Gasteiger partial charge on any atom is 0.303 e. The molecule has 2 aliphatic heterocycles. The number of rotatable bonds is 6. The van der Waals surface area contributed by atoms with Crippen molar-refractivity contribution in [1.82, 2.24) is 14.1 Å². The molecule has 2 aromatic carbocycles. The van der Waals surface area contributed by atoms with Gasteiger partial charge in [0, 0.05) is 59.4 Å². The quantitative estimate of drug-likeness (QED) is 0.652. The number of hydrogen-bond acceptors (Lipinski definition) is 6. The van der Waals surface area contributed by atoms with E-state index in [4.69, 9.17) is 9.47 Å². The van der Waals surface area contributed by atoms with Gasteiger partial charge in [0.1, 0.15) is 0 Å². The van der Waals surface area contributed by atoms with Gasteiger partial charge in [0.15, 0.2) is 11.5 Å². The van der Waals surface area contributed by atoms with Crippen molar-refractivity contribution in [1.29, 1.82) is 0 Å². The molecule has 1 fully saturated rings. The summed E-state index contributed by atoms with van der Waals surface area (Å²) in [6.07, 6.45) is 0. The molecule has 0 saturated carbocycles. The standard InChI is InChI=1S/C22H28N4O5S/c1-23(2)32(28,29)24(3)19-7-5-18(6-8-19)22(27)26-12-10-25(11-13-26)15-17-4-9-20-21(14-17)31-16-30-20/h4-9,14H,10-13,15-16H2,1-3H3. The Bertz CT molecular complexity index is 1080. The second-order valence-corrected chi connectivity index (χ2v) is 10.2. The monoisotopic (exact) mass is 460 g/mol. The fraction of sp³-hybridized carbons (Fsp3) is 0.409. The number of ether oxygens (including phenoxy) is 2. The molecule has 0 aromatic heterocycles. The molecule has 1 saturated heterocycles. The van der Waals surface area contributed by atoms with E-state index in [9.17, 15) is 13.2 Å². The fourth-order valence-corrected chi connectivity index (χ4v) is 4.66. The minimum absolute atomic E-state index is 0.0441. The molecule has 32 heavy (non-hydrogen) atoms. The third kappa shape index (κ3) is 4.52. The highest BCUT2D eigenvalue weighted by Crippen LogP contribution is 2.32. The Kier molecular flexibility index (Phi) is 6.27. The Morgan fingerprint density at radius 2 is 1.59 bits per heavy atom. The van der Waals surface area contributed by atoms with Gasteiger partial charge >= 0.3 is 10.2 Å². The zero-order valence-corrected chi connectivity index (χ0v) is 19.3. The number of benzene rings is 2. The zero-order chi connectivity index (χ0) is 22.9. The highest BCUT2D eigenvalue weighted by Gasteiger charge is 2.24. The Labute approximate surface area is 188 Å². The predicted molar refractivity (Wildman–Crippen MR) is 121 cm³/mol. The van der Waals surface area contributed by atoms with Gasteiger partial charge in [-0.05, 0) is 42.0 Å². The number of hydrogen-bond donors (Lipinski definition) is 0. The molecule has 0 unspecified atom stereocenters. The van der Waals surface area contributed by atoms with Crippen molar-refractivity contribution in [3.8, 4) is 11.5 Å². The summed E-state index contributed by atoms with van der Waals surface area (Å²) in [6, 6.07) is 12.7. The number of amides is 1. The van der Waals surface area contributed by atoms with Crippen molar-refractivity contribution in [2.45, 2.75) is 6.54 Å². The maximum absolute atomic E-state index is 12.9. The van der Waals surface area contributed by atoms with Crippen molar-refractivity contribution >= 4 is 21.8 Å². The lowest BCUT2D eigenvalue weighted by Gasteiger charge is -2.35. The first-order valence-corrected chi connectivity index (χ1v) is 11.8. The molecule has 0 radical (unpaired) electrons. The first-order valence-electron chi connectivity index (χ1n) is 10.4. The second-order valence-electron chi connectivity index (χ2n) is 8.06. The third-order valence-electron chi connectivity index (χ3n) is 5.79. The van der Waals surface area contributed by atoms with Gasteiger partial charge in [0.25, 0.3) is 5.91 Å². The lowest BCUT2D eigenvalue weighted by Crippen LogP contribution is -2.48. The van der Waals surface area contributed by atoms with E-state index < -0.39 is 10.2 Å². The van der Waals surface area contributed by atoms with Crippen LogP contribution in [0.4, 0.5) is 5.69 Å². The molecule has 0 spiro atoms. The summed E-state index contributed by atoms with van der Waals surface area (Å²) in [4.78, 5) is 17.1. The van der Waals surface area contributed by atoms with Crippen LogP contribution in [-0.2, 0) is 16.8 Å². The Morgan fingerprint density at radius 3 is 2.25 bits per heavy atom. The van der Waals surface area contributed by atoms with E-state index in [-0.39, 0.29) is 12.7 Å². The van der Waals surface area contributed by atoms with Gasteiger partial charge in [-0.3, -0.25) is 14.0 Å². The van der Waals surface area contributed by atoms with E-state index in [2.05, 4.69) is 4.90 Å². The van der Waals surface area contributed by atoms with Gasteiger partial charge < -0.3 is 14.4 Å². The van der Waals surface area contributed by atoms with Crippen molar-refractivity contribution in [3.05, 3.63) is 53.6 Å². The molecule has 1 amide bonds. The van der Waals surface area contributed by atoms with Crippen LogP contribution in [0.25, 0.3) is 0 Å². The fourth-order valence-electron chi connectivity index (χ4n) is 3.78. The van der Waals surface area contributed by atoms with Gasteiger partial charge in [-0.25, -0.2) is 0 Å². The second kappa shape index (κ2) is 8.97. The SMILES string of the molecule is CN(C)S(=O)(=O)N(C)c1ccc(C(=O)N2CCN(Cc3ccc4c(c3)OCO4)CC2)cc1. The number of carbonyl (C=O) groups is 1. The van der Waals surface area contributed by atoms with E-state index in [0.717, 1.165) is 41.0 Å². The van der Waals surface area contributed by atoms with Crippen LogP contribution in [0.2, 0.25) is 0 Å². The maximum atomic E-state index is 12.9. The lowest BCUT2D eigenvalue weighted by molar-refractivity contribution is 0.0628. The van der Waals surface area contributed by atoms with Crippen LogP contribution in [0, 0.1) is 0 Å². The van der Waals surface area contributed by atoms with Gasteiger partial charge in [-0.1, -0.05) is 6.07 Å². The lowest BCUT2D eigenvalue weighted by atomic mass is 10.1. The predicted octanol–water partition coefficient (Wildman–Crippen LogP) is 1.62. The molecular weight excluding hydrogens is 432 g/mol. The smallest absolute Gasteiger partial charge is 0.303 e. The summed E-state index contributed by atoms with van der Waals surface area (Å²) >= 11 is 0. The van der Waals surface area contributed by atoms with E-state index in [1.807, 2.05) is 23.1 Å². The van der Waals surface area contributed by atoms with E-state index >= 15 is 0 Å². The third-order valence-corrected chi connectivity index (χ3v) is 7.61. The van der Waals surface area contributed by atoms with E-state index in [1.165, 1.54) is 25.4 Å². The molecule has 0 N–H and O–H groups in total. The Morgan fingerprint density at radius 1 is 0.938 bits per heavy atom. The average molecular weight is 461 g/mol. The highest BCUT2D eigenvalue weighted by molar-refractivity contribution is 7.90. The number of carbonyl (C=O) groups excluding carboxylic acids is 1. The van der Waals surface area contributed by atoms with Gasteiger partial charge in [-0.2, -0.15) is 12.7 Å². The van der Waals surface area contributed by atoms with Crippen molar-refractivity contribution in [2.24, 2.45) is 0 Å². The van der Waals surface area contributed by atoms with Crippen LogP contribution < -0.4 is 13.8 Å². The van der Waals surface area contributed by atoms with Crippen LogP contribution >= 0.6 is 0 Å². The first kappa shape index (κ1) is 22.4. The molecule has 0 bridgehead atoms. The van der Waals surface area contributed by atoms with Gasteiger partial charge in [0.05, 0.1) is 5.69 Å². The van der Waals surface area contributed by atoms with Crippen molar-refractivity contribution < 1.29 is 22.7 Å². The van der Waals surface area contributed by atoms with Crippen LogP contribution in [-0.4, -0.2) is 82.5 Å². The Balaban J connectivity index is 1.33. The number of fused-ring (bicyclic) bond motifs is 1. The average Bonchev–Trinajstić information content (AvgIpc) is 3.26. The number of nitrogens with zero attached hydrogens (tertiary/aromatic N) is 4. The summed E-state index contributed by atoms with van der Waals surface area (Å²) in [5.74, 6) is 1.52. The summed E-state index contributed by atoms with van der Waals surface area (Å²) in [6.45, 7) is 3.90. The minimum atomic E-state index is -3.57. The normalized spacial score (nSPS) is 16.4. The molecule has 10 heteroatoms. The molecule has 9 nitrogen and oxygen atoms in total. The van der Waals surface area contributed by atoms with Crippen LogP contribution in [0.5, 0.6) is 11.5 Å². The molecule has 172 valence electrons. The number of anilines is 1. The molecule has 4 rings (SSSR count). The molecule has 2 aliphatic rings. The minimum Gasteiger partial charge on any atom is -0.454 e. The van der Waals surface area contributed by atoms with Gasteiger partial charge in [-0.15, -0.1) is 0 Å². The van der Waals surface area contributed by atoms with E-state index in [1.54, 1.807) is 24.3 Å². The van der Waals surface area contributed by atoms with Crippen molar-refractivity contribution in [2.75, 3.05) is 58.4 Å². The summed E-state index contributed by atoms with van der Waals surface area (Å²) < 4.78 is 37.7. The highest BCUT2D eigenvalue weighted by atomic mass is 32.2. The Hall–Kier alpha value is -2.82. The number of piperazine rings is 1. The molecule has 2 heterocycles. The van der Waals surface area contributed by atoms with Gasteiger partial charge in [0.2, 0.25) is 6.79 Å². The zero-order valence-electron chi connectivity index (χ0n) is 18.5. The molecular formula is C22H28N4O5S. The summed E-state index contributed by atoms with van der Waals surface area (Å²) in [5, 5.41) is 0. The molecule has 0 atom stereocenters. The van der Waals surface area contributed by atoms with Crippen LogP contribution in [0.15, 0.2) is 42.5 Å². The topological polar surface area (TPSA) is 82.6 Å². The van der Waals surface area contributed by atoms with Crippen molar-refractivity contribution in [3.63, 3.8) is 0 Å². The van der Waals surface area contributed by atoms with Crippen LogP contribution in [0.3, 0.4) is 0 Å².